The highest BCUT2D eigenvalue weighted by molar-refractivity contribution is 5.95. The van der Waals surface area contributed by atoms with Crippen LogP contribution in [0.25, 0.3) is 0 Å². The number of hydrogen-bond acceptors (Lipinski definition) is 3. The number of carboxylic acids is 1. The van der Waals surface area contributed by atoms with Gasteiger partial charge in [0.05, 0.1) is 11.8 Å². The van der Waals surface area contributed by atoms with Gasteiger partial charge in [-0.1, -0.05) is 12.2 Å². The summed E-state index contributed by atoms with van der Waals surface area (Å²) in [5.74, 6) is -1.73. The van der Waals surface area contributed by atoms with Crippen LogP contribution in [0.2, 0.25) is 0 Å². The van der Waals surface area contributed by atoms with E-state index >= 15 is 0 Å². The SMILES string of the molecule is CCn1ccc(NC(=O)[C@@H]2[C@@H](C(=O)O)[C@H]3C=C[C@@H]2C3)n1. The Morgan fingerprint density at radius 1 is 1.40 bits per heavy atom. The first-order valence-corrected chi connectivity index (χ1v) is 6.85. The molecule has 1 saturated carbocycles. The minimum atomic E-state index is -0.888. The fourth-order valence-electron chi connectivity index (χ4n) is 3.33. The molecule has 3 rings (SSSR count). The van der Waals surface area contributed by atoms with Crippen LogP contribution in [-0.2, 0) is 16.1 Å². The van der Waals surface area contributed by atoms with Crippen molar-refractivity contribution in [3.05, 3.63) is 24.4 Å². The molecule has 20 heavy (non-hydrogen) atoms. The number of aliphatic carboxylic acids is 1. The molecule has 4 atom stereocenters. The van der Waals surface area contributed by atoms with Crippen molar-refractivity contribution in [1.29, 1.82) is 0 Å². The Hall–Kier alpha value is -2.11. The van der Waals surface area contributed by atoms with Crippen molar-refractivity contribution in [2.24, 2.45) is 23.7 Å². The predicted octanol–water partition coefficient (Wildman–Crippen LogP) is 1.36. The van der Waals surface area contributed by atoms with Gasteiger partial charge >= 0.3 is 5.97 Å². The summed E-state index contributed by atoms with van der Waals surface area (Å²) >= 11 is 0. The number of carboxylic acid groups (broad SMARTS) is 1. The monoisotopic (exact) mass is 275 g/mol. The predicted molar refractivity (Wildman–Crippen MR) is 71.9 cm³/mol. The van der Waals surface area contributed by atoms with E-state index in [0.29, 0.717) is 5.82 Å². The molecule has 1 amide bonds. The van der Waals surface area contributed by atoms with Crippen LogP contribution in [0.15, 0.2) is 24.4 Å². The van der Waals surface area contributed by atoms with E-state index in [1.807, 2.05) is 19.1 Å². The molecule has 106 valence electrons. The summed E-state index contributed by atoms with van der Waals surface area (Å²) in [5.41, 5.74) is 0. The number of carbonyl (C=O) groups excluding carboxylic acids is 1. The number of fused-ring (bicyclic) bond motifs is 2. The molecule has 6 heteroatoms. The molecule has 0 radical (unpaired) electrons. The highest BCUT2D eigenvalue weighted by Crippen LogP contribution is 2.48. The Morgan fingerprint density at radius 3 is 2.70 bits per heavy atom. The summed E-state index contributed by atoms with van der Waals surface area (Å²) in [6.07, 6.45) is 6.45. The number of hydrogen-bond donors (Lipinski definition) is 2. The topological polar surface area (TPSA) is 84.2 Å². The number of nitrogens with zero attached hydrogens (tertiary/aromatic N) is 2. The quantitative estimate of drug-likeness (QED) is 0.813. The zero-order chi connectivity index (χ0) is 14.3. The van der Waals surface area contributed by atoms with Crippen molar-refractivity contribution < 1.29 is 14.7 Å². The Morgan fingerprint density at radius 2 is 2.10 bits per heavy atom. The van der Waals surface area contributed by atoms with Gasteiger partial charge in [0.2, 0.25) is 5.91 Å². The Balaban J connectivity index is 1.76. The van der Waals surface area contributed by atoms with E-state index in [1.165, 1.54) is 0 Å². The number of allylic oxidation sites excluding steroid dienone is 2. The largest absolute Gasteiger partial charge is 0.481 e. The van der Waals surface area contributed by atoms with Gasteiger partial charge in [0.15, 0.2) is 5.82 Å². The van der Waals surface area contributed by atoms with E-state index in [4.69, 9.17) is 0 Å². The number of anilines is 1. The number of aryl methyl sites for hydroxylation is 1. The summed E-state index contributed by atoms with van der Waals surface area (Å²) in [5, 5.41) is 16.3. The fourth-order valence-corrected chi connectivity index (χ4v) is 3.33. The van der Waals surface area contributed by atoms with Gasteiger partial charge in [-0.3, -0.25) is 14.3 Å². The minimum absolute atomic E-state index is 0.0125. The molecular formula is C14H17N3O3. The first-order valence-electron chi connectivity index (χ1n) is 6.85. The van der Waals surface area contributed by atoms with Gasteiger partial charge in [-0.05, 0) is 25.2 Å². The number of rotatable bonds is 4. The molecule has 0 aliphatic heterocycles. The highest BCUT2D eigenvalue weighted by atomic mass is 16.4. The van der Waals surface area contributed by atoms with E-state index < -0.39 is 17.8 Å². The molecule has 2 bridgehead atoms. The lowest BCUT2D eigenvalue weighted by Gasteiger charge is -2.23. The Labute approximate surface area is 116 Å². The molecule has 1 aromatic rings. The summed E-state index contributed by atoms with van der Waals surface area (Å²) in [4.78, 5) is 23.7. The summed E-state index contributed by atoms with van der Waals surface area (Å²) < 4.78 is 1.71. The van der Waals surface area contributed by atoms with Gasteiger partial charge in [0.25, 0.3) is 0 Å². The van der Waals surface area contributed by atoms with Crippen molar-refractivity contribution in [2.45, 2.75) is 19.9 Å². The molecule has 1 heterocycles. The third kappa shape index (κ3) is 2.01. The van der Waals surface area contributed by atoms with E-state index in [1.54, 1.807) is 16.9 Å². The lowest BCUT2D eigenvalue weighted by molar-refractivity contribution is -0.146. The summed E-state index contributed by atoms with van der Waals surface area (Å²) in [6, 6.07) is 1.72. The fraction of sp³-hybridized carbons (Fsp3) is 0.500. The van der Waals surface area contributed by atoms with Crippen LogP contribution in [-0.4, -0.2) is 26.8 Å². The third-order valence-electron chi connectivity index (χ3n) is 4.26. The van der Waals surface area contributed by atoms with Crippen LogP contribution >= 0.6 is 0 Å². The molecule has 1 aromatic heterocycles. The molecule has 2 aliphatic carbocycles. The molecule has 6 nitrogen and oxygen atoms in total. The van der Waals surface area contributed by atoms with E-state index in [0.717, 1.165) is 13.0 Å². The molecule has 0 aromatic carbocycles. The number of amides is 1. The molecule has 2 aliphatic rings. The zero-order valence-electron chi connectivity index (χ0n) is 11.2. The van der Waals surface area contributed by atoms with E-state index in [2.05, 4.69) is 10.4 Å². The van der Waals surface area contributed by atoms with Gasteiger partial charge < -0.3 is 10.4 Å². The van der Waals surface area contributed by atoms with Gasteiger partial charge in [-0.2, -0.15) is 5.10 Å². The summed E-state index contributed by atoms with van der Waals surface area (Å²) in [7, 11) is 0. The third-order valence-corrected chi connectivity index (χ3v) is 4.26. The maximum Gasteiger partial charge on any atom is 0.307 e. The minimum Gasteiger partial charge on any atom is -0.481 e. The van der Waals surface area contributed by atoms with Crippen molar-refractivity contribution >= 4 is 17.7 Å². The van der Waals surface area contributed by atoms with Gasteiger partial charge in [-0.25, -0.2) is 0 Å². The van der Waals surface area contributed by atoms with Crippen LogP contribution in [0.5, 0.6) is 0 Å². The molecule has 0 spiro atoms. The first kappa shape index (κ1) is 12.9. The highest BCUT2D eigenvalue weighted by Gasteiger charge is 2.51. The van der Waals surface area contributed by atoms with Crippen LogP contribution in [0.3, 0.4) is 0 Å². The van der Waals surface area contributed by atoms with Crippen molar-refractivity contribution in [3.63, 3.8) is 0 Å². The molecule has 0 saturated heterocycles. The second kappa shape index (κ2) is 4.77. The lowest BCUT2D eigenvalue weighted by Crippen LogP contribution is -2.36. The van der Waals surface area contributed by atoms with Crippen molar-refractivity contribution in [3.8, 4) is 0 Å². The molecule has 2 N–H and O–H groups in total. The smallest absolute Gasteiger partial charge is 0.307 e. The second-order valence-corrected chi connectivity index (χ2v) is 5.38. The van der Waals surface area contributed by atoms with Crippen molar-refractivity contribution in [2.75, 3.05) is 5.32 Å². The number of aromatic nitrogens is 2. The molecule has 0 unspecified atom stereocenters. The standard InChI is InChI=1S/C14H17N3O3/c1-2-17-6-5-10(16-17)15-13(18)11-8-3-4-9(7-8)12(11)14(19)20/h3-6,8-9,11-12H,2,7H2,1H3,(H,19,20)(H,15,16,18)/t8-,9+,11+,12+/m1/s1. The molecule has 1 fully saturated rings. The van der Waals surface area contributed by atoms with E-state index in [-0.39, 0.29) is 17.7 Å². The van der Waals surface area contributed by atoms with Gasteiger partial charge in [0.1, 0.15) is 0 Å². The normalized spacial score (nSPS) is 30.6. The average molecular weight is 275 g/mol. The molecular weight excluding hydrogens is 258 g/mol. The lowest BCUT2D eigenvalue weighted by atomic mass is 9.82. The Bertz CT molecular complexity index is 578. The van der Waals surface area contributed by atoms with Gasteiger partial charge in [-0.15, -0.1) is 0 Å². The van der Waals surface area contributed by atoms with Crippen LogP contribution in [0.1, 0.15) is 13.3 Å². The van der Waals surface area contributed by atoms with Crippen LogP contribution in [0.4, 0.5) is 5.82 Å². The van der Waals surface area contributed by atoms with Gasteiger partial charge in [0, 0.05) is 18.8 Å². The van der Waals surface area contributed by atoms with Crippen LogP contribution < -0.4 is 5.32 Å². The van der Waals surface area contributed by atoms with Crippen LogP contribution in [0, 0.1) is 23.7 Å². The maximum absolute atomic E-state index is 12.4. The number of carbonyl (C=O) groups is 2. The number of nitrogens with one attached hydrogen (secondary N) is 1. The second-order valence-electron chi connectivity index (χ2n) is 5.38. The Kier molecular flexibility index (Phi) is 3.08. The zero-order valence-corrected chi connectivity index (χ0v) is 11.2. The summed E-state index contributed by atoms with van der Waals surface area (Å²) in [6.45, 7) is 2.68. The van der Waals surface area contributed by atoms with Crippen molar-refractivity contribution in [1.82, 2.24) is 9.78 Å². The average Bonchev–Trinajstić information content (AvgIpc) is 3.12. The first-order chi connectivity index (χ1) is 9.60. The maximum atomic E-state index is 12.4. The van der Waals surface area contributed by atoms with E-state index in [9.17, 15) is 14.7 Å².